The van der Waals surface area contributed by atoms with Gasteiger partial charge >= 0.3 is 6.09 Å². The Labute approximate surface area is 157 Å². The van der Waals surface area contributed by atoms with Gasteiger partial charge < -0.3 is 15.2 Å². The van der Waals surface area contributed by atoms with Crippen LogP contribution in [0.5, 0.6) is 5.75 Å². The number of alkyl carbamates (subject to hydrolysis) is 1. The Morgan fingerprint density at radius 1 is 0.923 bits per heavy atom. The molecule has 146 valence electrons. The van der Waals surface area contributed by atoms with Crippen LogP contribution in [0, 0.1) is 0 Å². The summed E-state index contributed by atoms with van der Waals surface area (Å²) in [4.78, 5) is 24.4. The minimum absolute atomic E-state index is 0.160. The first-order chi connectivity index (χ1) is 11.5. The third-order valence-corrected chi connectivity index (χ3v) is 3.84. The molecule has 0 heterocycles. The number of hydrogen-bond donors (Lipinski definition) is 2. The van der Waals surface area contributed by atoms with E-state index in [1.54, 1.807) is 32.9 Å². The van der Waals surface area contributed by atoms with Crippen LogP contribution in [-0.4, -0.2) is 29.1 Å². The smallest absolute Gasteiger partial charge is 0.408 e. The van der Waals surface area contributed by atoms with E-state index < -0.39 is 11.7 Å². The van der Waals surface area contributed by atoms with Gasteiger partial charge in [0.05, 0.1) is 6.54 Å². The molecule has 5 nitrogen and oxygen atoms in total. The lowest BCUT2D eigenvalue weighted by Crippen LogP contribution is -2.35. The van der Waals surface area contributed by atoms with E-state index in [0.717, 1.165) is 0 Å². The van der Waals surface area contributed by atoms with E-state index in [9.17, 15) is 14.7 Å². The van der Waals surface area contributed by atoms with E-state index in [1.807, 2.05) is 41.5 Å². The van der Waals surface area contributed by atoms with Gasteiger partial charge in [-0.25, -0.2) is 4.79 Å². The molecule has 0 bridgehead atoms. The average molecular weight is 363 g/mol. The van der Waals surface area contributed by atoms with Gasteiger partial charge in [-0.1, -0.05) is 41.5 Å². The van der Waals surface area contributed by atoms with Crippen molar-refractivity contribution in [1.82, 2.24) is 5.32 Å². The molecule has 1 rings (SSSR count). The number of aromatic hydroxyl groups is 1. The SMILES string of the molecule is CC(C)(C)OC(=O)NCC(=O)c1cc(C(C)(C)C)c(O)c(C(C)(C)C)c1. The molecule has 0 fully saturated rings. The predicted molar refractivity (Wildman–Crippen MR) is 104 cm³/mol. The van der Waals surface area contributed by atoms with E-state index in [1.165, 1.54) is 0 Å². The minimum Gasteiger partial charge on any atom is -0.507 e. The second kappa shape index (κ2) is 7.29. The number of Topliss-reactive ketones (excluding diaryl/α,β-unsaturated/α-hetero) is 1. The number of ether oxygens (including phenoxy) is 1. The molecule has 5 heteroatoms. The van der Waals surface area contributed by atoms with Crippen molar-refractivity contribution in [3.8, 4) is 5.75 Å². The maximum Gasteiger partial charge on any atom is 0.408 e. The van der Waals surface area contributed by atoms with E-state index in [0.29, 0.717) is 16.7 Å². The minimum atomic E-state index is -0.628. The number of hydrogen-bond acceptors (Lipinski definition) is 4. The number of carbonyl (C=O) groups is 2. The number of phenols is 1. The summed E-state index contributed by atoms with van der Waals surface area (Å²) in [6, 6.07) is 3.42. The van der Waals surface area contributed by atoms with Crippen molar-refractivity contribution >= 4 is 11.9 Å². The highest BCUT2D eigenvalue weighted by molar-refractivity contribution is 5.99. The fourth-order valence-corrected chi connectivity index (χ4v) is 2.51. The highest BCUT2D eigenvalue weighted by Crippen LogP contribution is 2.39. The van der Waals surface area contributed by atoms with E-state index in [4.69, 9.17) is 4.74 Å². The topological polar surface area (TPSA) is 75.6 Å². The normalized spacial score (nSPS) is 12.7. The largest absolute Gasteiger partial charge is 0.507 e. The molecule has 0 aliphatic carbocycles. The number of carbonyl (C=O) groups excluding carboxylic acids is 2. The van der Waals surface area contributed by atoms with Gasteiger partial charge in [-0.2, -0.15) is 0 Å². The summed E-state index contributed by atoms with van der Waals surface area (Å²) in [5.41, 5.74) is 0.632. The highest BCUT2D eigenvalue weighted by Gasteiger charge is 2.28. The van der Waals surface area contributed by atoms with Crippen LogP contribution in [0.25, 0.3) is 0 Å². The third-order valence-electron chi connectivity index (χ3n) is 3.84. The summed E-state index contributed by atoms with van der Waals surface area (Å²) in [5, 5.41) is 13.2. The van der Waals surface area contributed by atoms with Crippen molar-refractivity contribution in [1.29, 1.82) is 0 Å². The lowest BCUT2D eigenvalue weighted by atomic mass is 9.78. The molecule has 0 aliphatic rings. The summed E-state index contributed by atoms with van der Waals surface area (Å²) in [6.07, 6.45) is -0.628. The lowest BCUT2D eigenvalue weighted by molar-refractivity contribution is 0.0520. The summed E-state index contributed by atoms with van der Waals surface area (Å²) < 4.78 is 5.16. The van der Waals surface area contributed by atoms with Crippen LogP contribution in [0.15, 0.2) is 12.1 Å². The number of amides is 1. The molecule has 0 aliphatic heterocycles. The van der Waals surface area contributed by atoms with Gasteiger partial charge in [0.2, 0.25) is 0 Å². The second-order valence-corrected chi connectivity index (χ2v) is 9.70. The van der Waals surface area contributed by atoms with Gasteiger partial charge in [-0.15, -0.1) is 0 Å². The molecular formula is C21H33NO4. The van der Waals surface area contributed by atoms with Crippen LogP contribution >= 0.6 is 0 Å². The van der Waals surface area contributed by atoms with Crippen LogP contribution < -0.4 is 5.32 Å². The lowest BCUT2D eigenvalue weighted by Gasteiger charge is -2.28. The molecule has 0 saturated heterocycles. The molecular weight excluding hydrogens is 330 g/mol. The molecule has 0 spiro atoms. The van der Waals surface area contributed by atoms with Gasteiger partial charge in [-0.05, 0) is 43.7 Å². The van der Waals surface area contributed by atoms with Crippen LogP contribution in [0.3, 0.4) is 0 Å². The number of rotatable bonds is 3. The maximum absolute atomic E-state index is 12.6. The average Bonchev–Trinajstić information content (AvgIpc) is 2.40. The molecule has 0 atom stereocenters. The Morgan fingerprint density at radius 3 is 1.69 bits per heavy atom. The number of phenolic OH excluding ortho intramolecular Hbond substituents is 1. The summed E-state index contributed by atoms with van der Waals surface area (Å²) in [5.74, 6) is -0.00601. The third kappa shape index (κ3) is 6.04. The number of benzene rings is 1. The molecule has 0 aromatic heterocycles. The van der Waals surface area contributed by atoms with E-state index in [-0.39, 0.29) is 28.9 Å². The van der Waals surface area contributed by atoms with Gasteiger partial charge in [0.1, 0.15) is 11.4 Å². The molecule has 2 N–H and O–H groups in total. The van der Waals surface area contributed by atoms with Crippen molar-refractivity contribution in [2.75, 3.05) is 6.54 Å². The quantitative estimate of drug-likeness (QED) is 0.764. The fourth-order valence-electron chi connectivity index (χ4n) is 2.51. The van der Waals surface area contributed by atoms with Gasteiger partial charge in [0.15, 0.2) is 5.78 Å². The predicted octanol–water partition coefficient (Wildman–Crippen LogP) is 4.69. The Morgan fingerprint density at radius 2 is 1.35 bits per heavy atom. The molecule has 1 aromatic rings. The Bertz CT molecular complexity index is 650. The van der Waals surface area contributed by atoms with Crippen molar-refractivity contribution in [3.63, 3.8) is 0 Å². The first-order valence-corrected chi connectivity index (χ1v) is 8.90. The highest BCUT2D eigenvalue weighted by atomic mass is 16.6. The van der Waals surface area contributed by atoms with Crippen LogP contribution in [-0.2, 0) is 15.6 Å². The molecule has 1 aromatic carbocycles. The monoisotopic (exact) mass is 363 g/mol. The van der Waals surface area contributed by atoms with Gasteiger partial charge in [0, 0.05) is 16.7 Å². The summed E-state index contributed by atoms with van der Waals surface area (Å²) in [6.45, 7) is 17.1. The van der Waals surface area contributed by atoms with Crippen molar-refractivity contribution in [3.05, 3.63) is 28.8 Å². The van der Waals surface area contributed by atoms with Crippen LogP contribution in [0.1, 0.15) is 83.8 Å². The second-order valence-electron chi connectivity index (χ2n) is 9.70. The number of ketones is 1. The Kier molecular flexibility index (Phi) is 6.17. The zero-order valence-corrected chi connectivity index (χ0v) is 17.5. The Hall–Kier alpha value is -2.04. The molecule has 1 amide bonds. The van der Waals surface area contributed by atoms with E-state index >= 15 is 0 Å². The van der Waals surface area contributed by atoms with Crippen LogP contribution in [0.2, 0.25) is 0 Å². The summed E-state index contributed by atoms with van der Waals surface area (Å²) >= 11 is 0. The number of nitrogens with one attached hydrogen (secondary N) is 1. The van der Waals surface area contributed by atoms with Crippen molar-refractivity contribution in [2.45, 2.75) is 78.7 Å². The standard InChI is InChI=1S/C21H33NO4/c1-19(2,3)14-10-13(11-15(17(14)24)20(4,5)6)16(23)12-22-18(25)26-21(7,8)9/h10-11,24H,12H2,1-9H3,(H,22,25). The maximum atomic E-state index is 12.6. The van der Waals surface area contributed by atoms with E-state index in [2.05, 4.69) is 5.32 Å². The molecule has 0 unspecified atom stereocenters. The molecule has 0 radical (unpaired) electrons. The fraction of sp³-hybridized carbons (Fsp3) is 0.619. The Balaban J connectivity index is 3.16. The zero-order valence-electron chi connectivity index (χ0n) is 17.5. The molecule has 0 saturated carbocycles. The summed E-state index contributed by atoms with van der Waals surface area (Å²) in [7, 11) is 0. The van der Waals surface area contributed by atoms with Crippen molar-refractivity contribution < 1.29 is 19.4 Å². The zero-order chi connectivity index (χ0) is 20.5. The van der Waals surface area contributed by atoms with Gasteiger partial charge in [0.25, 0.3) is 0 Å². The van der Waals surface area contributed by atoms with Gasteiger partial charge in [-0.3, -0.25) is 4.79 Å². The van der Waals surface area contributed by atoms with Crippen molar-refractivity contribution in [2.24, 2.45) is 0 Å². The van der Waals surface area contributed by atoms with Crippen LogP contribution in [0.4, 0.5) is 4.79 Å². The first-order valence-electron chi connectivity index (χ1n) is 8.90. The first kappa shape index (κ1) is 22.0. The molecule has 26 heavy (non-hydrogen) atoms.